The van der Waals surface area contributed by atoms with Crippen molar-refractivity contribution >= 4 is 21.9 Å². The van der Waals surface area contributed by atoms with Gasteiger partial charge in [-0.3, -0.25) is 0 Å². The van der Waals surface area contributed by atoms with Crippen LogP contribution in [-0.4, -0.2) is 11.1 Å². The number of hydrogen-bond donors (Lipinski definition) is 1. The van der Waals surface area contributed by atoms with Crippen LogP contribution in [-0.2, 0) is 0 Å². The van der Waals surface area contributed by atoms with Gasteiger partial charge in [-0.15, -0.1) is 0 Å². The molecule has 0 spiro atoms. The molecule has 0 saturated heterocycles. The molecule has 76 valence electrons. The van der Waals surface area contributed by atoms with Crippen molar-refractivity contribution in [2.75, 3.05) is 0 Å². The SMILES string of the molecule is CC(C)c1cc(Br)cc(C(=O)O)c1F. The van der Waals surface area contributed by atoms with Crippen LogP contribution in [0.4, 0.5) is 4.39 Å². The van der Waals surface area contributed by atoms with Gasteiger partial charge in [0.05, 0.1) is 5.56 Å². The maximum Gasteiger partial charge on any atom is 0.338 e. The van der Waals surface area contributed by atoms with Gasteiger partial charge >= 0.3 is 5.97 Å². The summed E-state index contributed by atoms with van der Waals surface area (Å²) in [4.78, 5) is 10.7. The summed E-state index contributed by atoms with van der Waals surface area (Å²) in [5.41, 5.74) is 0.125. The minimum absolute atomic E-state index is 0.0365. The van der Waals surface area contributed by atoms with Crippen LogP contribution in [0.1, 0.15) is 35.7 Å². The Morgan fingerprint density at radius 1 is 1.50 bits per heavy atom. The van der Waals surface area contributed by atoms with Gasteiger partial charge in [-0.2, -0.15) is 0 Å². The summed E-state index contributed by atoms with van der Waals surface area (Å²) in [6.45, 7) is 3.63. The Bertz CT molecular complexity index is 375. The van der Waals surface area contributed by atoms with E-state index in [1.54, 1.807) is 6.07 Å². The standard InChI is InChI=1S/C10H10BrFO2/c1-5(2)7-3-6(11)4-8(9(7)12)10(13)14/h3-5H,1-2H3,(H,13,14). The molecule has 1 N–H and O–H groups in total. The number of aromatic carboxylic acids is 1. The van der Waals surface area contributed by atoms with Gasteiger partial charge in [-0.25, -0.2) is 9.18 Å². The zero-order valence-electron chi connectivity index (χ0n) is 7.84. The molecule has 0 aliphatic heterocycles. The van der Waals surface area contributed by atoms with Gasteiger partial charge < -0.3 is 5.11 Å². The molecule has 0 bridgehead atoms. The van der Waals surface area contributed by atoms with E-state index in [9.17, 15) is 9.18 Å². The van der Waals surface area contributed by atoms with Crippen LogP contribution < -0.4 is 0 Å². The molecule has 4 heteroatoms. The first-order valence-electron chi connectivity index (χ1n) is 4.15. The number of carboxylic acid groups (broad SMARTS) is 1. The van der Waals surface area contributed by atoms with Crippen LogP contribution in [0.2, 0.25) is 0 Å². The Hall–Kier alpha value is -0.900. The summed E-state index contributed by atoms with van der Waals surface area (Å²) in [5, 5.41) is 8.74. The van der Waals surface area contributed by atoms with E-state index in [0.717, 1.165) is 0 Å². The summed E-state index contributed by atoms with van der Waals surface area (Å²) >= 11 is 3.15. The number of carboxylic acids is 1. The van der Waals surface area contributed by atoms with Crippen molar-refractivity contribution in [2.24, 2.45) is 0 Å². The Kier molecular flexibility index (Phi) is 3.26. The van der Waals surface area contributed by atoms with Gasteiger partial charge in [0.25, 0.3) is 0 Å². The zero-order valence-corrected chi connectivity index (χ0v) is 9.43. The third kappa shape index (κ3) is 2.12. The Morgan fingerprint density at radius 2 is 2.07 bits per heavy atom. The van der Waals surface area contributed by atoms with Crippen LogP contribution in [0, 0.1) is 5.82 Å². The fourth-order valence-electron chi connectivity index (χ4n) is 1.19. The van der Waals surface area contributed by atoms with E-state index in [2.05, 4.69) is 15.9 Å². The van der Waals surface area contributed by atoms with Crippen molar-refractivity contribution in [3.63, 3.8) is 0 Å². The molecule has 0 aromatic heterocycles. The lowest BCUT2D eigenvalue weighted by atomic mass is 10.00. The van der Waals surface area contributed by atoms with Gasteiger partial charge in [0.15, 0.2) is 0 Å². The van der Waals surface area contributed by atoms with Crippen molar-refractivity contribution in [1.82, 2.24) is 0 Å². The zero-order chi connectivity index (χ0) is 10.9. The highest BCUT2D eigenvalue weighted by Gasteiger charge is 2.17. The monoisotopic (exact) mass is 260 g/mol. The third-order valence-corrected chi connectivity index (χ3v) is 2.38. The molecule has 0 aliphatic carbocycles. The predicted molar refractivity (Wildman–Crippen MR) is 55.1 cm³/mol. The second-order valence-corrected chi connectivity index (χ2v) is 4.23. The smallest absolute Gasteiger partial charge is 0.338 e. The van der Waals surface area contributed by atoms with E-state index in [0.29, 0.717) is 10.0 Å². The van der Waals surface area contributed by atoms with E-state index in [4.69, 9.17) is 5.11 Å². The molecule has 0 heterocycles. The van der Waals surface area contributed by atoms with Crippen LogP contribution in [0.15, 0.2) is 16.6 Å². The normalized spacial score (nSPS) is 10.6. The van der Waals surface area contributed by atoms with Crippen LogP contribution in [0.25, 0.3) is 0 Å². The second-order valence-electron chi connectivity index (χ2n) is 3.32. The van der Waals surface area contributed by atoms with Gasteiger partial charge in [-0.1, -0.05) is 29.8 Å². The molecule has 0 radical (unpaired) electrons. The Morgan fingerprint density at radius 3 is 2.50 bits per heavy atom. The molecule has 2 nitrogen and oxygen atoms in total. The van der Waals surface area contributed by atoms with Crippen molar-refractivity contribution in [1.29, 1.82) is 0 Å². The third-order valence-electron chi connectivity index (χ3n) is 1.92. The maximum absolute atomic E-state index is 13.6. The number of rotatable bonds is 2. The van der Waals surface area contributed by atoms with Crippen molar-refractivity contribution in [2.45, 2.75) is 19.8 Å². The molecule has 1 aromatic rings. The van der Waals surface area contributed by atoms with Crippen LogP contribution >= 0.6 is 15.9 Å². The van der Waals surface area contributed by atoms with E-state index < -0.39 is 11.8 Å². The lowest BCUT2D eigenvalue weighted by Crippen LogP contribution is -2.05. The molecule has 0 aliphatic rings. The minimum Gasteiger partial charge on any atom is -0.478 e. The molecular weight excluding hydrogens is 251 g/mol. The minimum atomic E-state index is -1.24. The first-order chi connectivity index (χ1) is 6.43. The number of benzene rings is 1. The fourth-order valence-corrected chi connectivity index (χ4v) is 1.66. The van der Waals surface area contributed by atoms with Gasteiger partial charge in [0.2, 0.25) is 0 Å². The van der Waals surface area contributed by atoms with Crippen molar-refractivity contribution < 1.29 is 14.3 Å². The molecule has 1 rings (SSSR count). The molecule has 1 aromatic carbocycles. The first kappa shape index (κ1) is 11.2. The molecule has 14 heavy (non-hydrogen) atoms. The number of hydrogen-bond acceptors (Lipinski definition) is 1. The van der Waals surface area contributed by atoms with Crippen molar-refractivity contribution in [3.05, 3.63) is 33.5 Å². The van der Waals surface area contributed by atoms with Crippen LogP contribution in [0.5, 0.6) is 0 Å². The van der Waals surface area contributed by atoms with Gasteiger partial charge in [0.1, 0.15) is 5.82 Å². The largest absolute Gasteiger partial charge is 0.478 e. The molecule has 0 amide bonds. The molecular formula is C10H10BrFO2. The fraction of sp³-hybridized carbons (Fsp3) is 0.300. The average Bonchev–Trinajstić information content (AvgIpc) is 2.07. The maximum atomic E-state index is 13.6. The predicted octanol–water partition coefficient (Wildman–Crippen LogP) is 3.41. The first-order valence-corrected chi connectivity index (χ1v) is 4.95. The summed E-state index contributed by atoms with van der Waals surface area (Å²) in [6.07, 6.45) is 0. The highest BCUT2D eigenvalue weighted by Crippen LogP contribution is 2.25. The lowest BCUT2D eigenvalue weighted by molar-refractivity contribution is 0.0691. The lowest BCUT2D eigenvalue weighted by Gasteiger charge is -2.09. The van der Waals surface area contributed by atoms with Crippen molar-refractivity contribution in [3.8, 4) is 0 Å². The van der Waals surface area contributed by atoms with E-state index >= 15 is 0 Å². The number of halogens is 2. The quantitative estimate of drug-likeness (QED) is 0.885. The van der Waals surface area contributed by atoms with E-state index in [-0.39, 0.29) is 11.5 Å². The van der Waals surface area contributed by atoms with E-state index in [1.165, 1.54) is 6.07 Å². The highest BCUT2D eigenvalue weighted by molar-refractivity contribution is 9.10. The Balaban J connectivity index is 3.40. The molecule has 0 unspecified atom stereocenters. The highest BCUT2D eigenvalue weighted by atomic mass is 79.9. The summed E-state index contributed by atoms with van der Waals surface area (Å²) in [5.74, 6) is -1.92. The topological polar surface area (TPSA) is 37.3 Å². The van der Waals surface area contributed by atoms with Gasteiger partial charge in [-0.05, 0) is 23.6 Å². The summed E-state index contributed by atoms with van der Waals surface area (Å²) in [7, 11) is 0. The second kappa shape index (κ2) is 4.09. The van der Waals surface area contributed by atoms with E-state index in [1.807, 2.05) is 13.8 Å². The molecule has 0 atom stereocenters. The van der Waals surface area contributed by atoms with Gasteiger partial charge in [0, 0.05) is 4.47 Å². The molecule has 0 fully saturated rings. The summed E-state index contributed by atoms with van der Waals surface area (Å²) in [6, 6.07) is 2.87. The molecule has 0 saturated carbocycles. The average molecular weight is 261 g/mol. The Labute approximate surface area is 89.9 Å². The van der Waals surface area contributed by atoms with Crippen LogP contribution in [0.3, 0.4) is 0 Å². The summed E-state index contributed by atoms with van der Waals surface area (Å²) < 4.78 is 14.1. The number of carbonyl (C=O) groups is 1.